The van der Waals surface area contributed by atoms with E-state index in [9.17, 15) is 27.6 Å². The summed E-state index contributed by atoms with van der Waals surface area (Å²) in [6.07, 6.45) is -0.764. The Bertz CT molecular complexity index is 1220. The van der Waals surface area contributed by atoms with Gasteiger partial charge in [0.15, 0.2) is 11.5 Å². The smallest absolute Gasteiger partial charge is 0.420 e. The highest BCUT2D eigenvalue weighted by atomic mass is 35.5. The van der Waals surface area contributed by atoms with E-state index in [2.05, 4.69) is 10.1 Å². The molecule has 1 saturated carbocycles. The first kappa shape index (κ1) is 23.6. The number of aliphatic imine (C=N–C) groups is 1. The summed E-state index contributed by atoms with van der Waals surface area (Å²) in [6, 6.07) is 3.10. The maximum atomic E-state index is 13.9. The quantitative estimate of drug-likeness (QED) is 0.591. The van der Waals surface area contributed by atoms with E-state index in [1.54, 1.807) is 0 Å². The van der Waals surface area contributed by atoms with Crippen molar-refractivity contribution in [1.82, 2.24) is 0 Å². The van der Waals surface area contributed by atoms with E-state index in [1.165, 1.54) is 12.1 Å². The fourth-order valence-corrected chi connectivity index (χ4v) is 4.31. The van der Waals surface area contributed by atoms with Crippen molar-refractivity contribution in [2.45, 2.75) is 38.3 Å². The van der Waals surface area contributed by atoms with Gasteiger partial charge in [0.2, 0.25) is 17.4 Å². The molecule has 0 atom stereocenters. The summed E-state index contributed by atoms with van der Waals surface area (Å²) < 4.78 is 47.2. The Labute approximate surface area is 196 Å². The molecule has 0 aromatic heterocycles. The van der Waals surface area contributed by atoms with Crippen LogP contribution in [0.15, 0.2) is 33.9 Å². The summed E-state index contributed by atoms with van der Waals surface area (Å²) in [5.74, 6) is -2.85. The molecule has 1 aromatic rings. The summed E-state index contributed by atoms with van der Waals surface area (Å²) in [5, 5.41) is 12.6. The zero-order valence-electron chi connectivity index (χ0n) is 17.5. The van der Waals surface area contributed by atoms with Crippen molar-refractivity contribution in [2.75, 3.05) is 11.6 Å². The molecule has 3 aliphatic rings. The van der Waals surface area contributed by atoms with E-state index >= 15 is 0 Å². The molecule has 1 aromatic carbocycles. The number of carbonyl (C=O) groups is 3. The van der Waals surface area contributed by atoms with Gasteiger partial charge in [-0.05, 0) is 30.9 Å². The standard InChI is InChI=1S/C22H16ClF3N4O4/c23-15-6-12(30-20(33)8-17(31)16(9-27)29-30)5-14(22(24,25)26)21(15)34-19-7-13(18(32)10-28-19)11-3-1-2-4-11/h5-7,11H,1-4,8,10H2. The lowest BCUT2D eigenvalue weighted by molar-refractivity contribution is -0.138. The van der Waals surface area contributed by atoms with Gasteiger partial charge in [0, 0.05) is 11.6 Å². The number of carbonyl (C=O) groups excluding carboxylic acids is 3. The topological polar surface area (TPSA) is 112 Å². The van der Waals surface area contributed by atoms with Crippen LogP contribution in [0.1, 0.15) is 37.7 Å². The SMILES string of the molecule is N#CC1=NN(c2cc(Cl)c(OC3=NCC(=O)C(C4CCCC4)=C3)c(C(F)(F)F)c2)C(=O)CC1=O. The van der Waals surface area contributed by atoms with Crippen LogP contribution in [0.5, 0.6) is 5.75 Å². The fourth-order valence-electron chi connectivity index (χ4n) is 4.06. The molecule has 1 amide bonds. The first-order chi connectivity index (χ1) is 16.1. The van der Waals surface area contributed by atoms with Crippen molar-refractivity contribution >= 4 is 46.4 Å². The molecule has 2 aliphatic heterocycles. The zero-order chi connectivity index (χ0) is 24.6. The van der Waals surface area contributed by atoms with Crippen LogP contribution < -0.4 is 9.75 Å². The van der Waals surface area contributed by atoms with Gasteiger partial charge in [-0.15, -0.1) is 0 Å². The van der Waals surface area contributed by atoms with Gasteiger partial charge in [-0.25, -0.2) is 4.99 Å². The van der Waals surface area contributed by atoms with Crippen molar-refractivity contribution < 1.29 is 32.3 Å². The molecule has 8 nitrogen and oxygen atoms in total. The molecule has 0 spiro atoms. The third-order valence-electron chi connectivity index (χ3n) is 5.68. The number of amides is 1. The number of alkyl halides is 3. The van der Waals surface area contributed by atoms with Gasteiger partial charge in [-0.3, -0.25) is 14.4 Å². The van der Waals surface area contributed by atoms with E-state index in [0.29, 0.717) is 16.6 Å². The number of halogens is 4. The second-order valence-electron chi connectivity index (χ2n) is 7.93. The van der Waals surface area contributed by atoms with Crippen molar-refractivity contribution in [2.24, 2.45) is 16.0 Å². The Balaban J connectivity index is 1.72. The average Bonchev–Trinajstić information content (AvgIpc) is 3.30. The van der Waals surface area contributed by atoms with E-state index in [-0.39, 0.29) is 24.1 Å². The van der Waals surface area contributed by atoms with Crippen LogP contribution in [-0.2, 0) is 20.6 Å². The van der Waals surface area contributed by atoms with Gasteiger partial charge in [0.25, 0.3) is 5.91 Å². The third kappa shape index (κ3) is 4.59. The van der Waals surface area contributed by atoms with Crippen LogP contribution in [0.3, 0.4) is 0 Å². The number of hydrazone groups is 1. The summed E-state index contributed by atoms with van der Waals surface area (Å²) in [5.41, 5.74) is -1.84. The maximum absolute atomic E-state index is 13.9. The summed E-state index contributed by atoms with van der Waals surface area (Å²) in [4.78, 5) is 40.1. The number of nitriles is 1. The minimum absolute atomic E-state index is 0.0153. The van der Waals surface area contributed by atoms with Crippen LogP contribution in [0.2, 0.25) is 5.02 Å². The molecule has 34 heavy (non-hydrogen) atoms. The monoisotopic (exact) mass is 492 g/mol. The Hall–Kier alpha value is -3.52. The molecule has 0 radical (unpaired) electrons. The summed E-state index contributed by atoms with van der Waals surface area (Å²) >= 11 is 6.13. The lowest BCUT2D eigenvalue weighted by atomic mass is 9.92. The van der Waals surface area contributed by atoms with E-state index in [1.807, 2.05) is 0 Å². The molecule has 0 unspecified atom stereocenters. The number of hydrogen-bond acceptors (Lipinski definition) is 7. The maximum Gasteiger partial charge on any atom is 0.420 e. The van der Waals surface area contributed by atoms with Gasteiger partial charge in [-0.2, -0.15) is 28.5 Å². The Morgan fingerprint density at radius 2 is 1.85 bits per heavy atom. The minimum Gasteiger partial charge on any atom is -0.437 e. The second kappa shape index (κ2) is 9.02. The van der Waals surface area contributed by atoms with Crippen molar-refractivity contribution in [3.05, 3.63) is 34.4 Å². The fraction of sp³-hybridized carbons (Fsp3) is 0.364. The van der Waals surface area contributed by atoms with Crippen LogP contribution in [0.4, 0.5) is 18.9 Å². The highest BCUT2D eigenvalue weighted by Crippen LogP contribution is 2.44. The van der Waals surface area contributed by atoms with Crippen LogP contribution >= 0.6 is 11.6 Å². The number of Topliss-reactive ketones (excluding diaryl/α,β-unsaturated/α-hetero) is 2. The first-order valence-electron chi connectivity index (χ1n) is 10.3. The van der Waals surface area contributed by atoms with Crippen molar-refractivity contribution in [3.8, 4) is 11.8 Å². The first-order valence-corrected chi connectivity index (χ1v) is 10.7. The zero-order valence-corrected chi connectivity index (χ0v) is 18.2. The Kier molecular flexibility index (Phi) is 6.27. The van der Waals surface area contributed by atoms with Gasteiger partial charge < -0.3 is 4.74 Å². The van der Waals surface area contributed by atoms with Crippen LogP contribution in [0.25, 0.3) is 0 Å². The van der Waals surface area contributed by atoms with Gasteiger partial charge in [0.05, 0.1) is 17.1 Å². The van der Waals surface area contributed by atoms with Gasteiger partial charge in [0.1, 0.15) is 18.2 Å². The second-order valence-corrected chi connectivity index (χ2v) is 8.34. The molecular weight excluding hydrogens is 477 g/mol. The molecule has 2 heterocycles. The Morgan fingerprint density at radius 1 is 1.15 bits per heavy atom. The van der Waals surface area contributed by atoms with Crippen molar-refractivity contribution in [1.29, 1.82) is 5.26 Å². The molecule has 0 N–H and O–H groups in total. The van der Waals surface area contributed by atoms with Crippen molar-refractivity contribution in [3.63, 3.8) is 0 Å². The summed E-state index contributed by atoms with van der Waals surface area (Å²) in [6.45, 7) is -0.239. The number of anilines is 1. The molecule has 0 saturated heterocycles. The predicted octanol–water partition coefficient (Wildman–Crippen LogP) is 4.02. The van der Waals surface area contributed by atoms with Gasteiger partial charge in [-0.1, -0.05) is 24.4 Å². The number of benzene rings is 1. The molecular formula is C22H16ClF3N4O4. The number of dihydropyridines is 1. The highest BCUT2D eigenvalue weighted by Gasteiger charge is 2.39. The third-order valence-corrected chi connectivity index (χ3v) is 5.96. The largest absolute Gasteiger partial charge is 0.437 e. The average molecular weight is 493 g/mol. The molecule has 0 bridgehead atoms. The Morgan fingerprint density at radius 3 is 2.50 bits per heavy atom. The van der Waals surface area contributed by atoms with Gasteiger partial charge >= 0.3 is 6.18 Å². The lowest BCUT2D eigenvalue weighted by Crippen LogP contribution is -2.36. The number of ether oxygens (including phenoxy) is 1. The molecule has 176 valence electrons. The minimum atomic E-state index is -4.95. The van der Waals surface area contributed by atoms with Crippen LogP contribution in [0, 0.1) is 17.2 Å². The molecule has 1 fully saturated rings. The molecule has 12 heteroatoms. The highest BCUT2D eigenvalue weighted by molar-refractivity contribution is 6.50. The number of ketones is 2. The number of nitrogens with zero attached hydrogens (tertiary/aromatic N) is 4. The van der Waals surface area contributed by atoms with E-state index < -0.39 is 52.0 Å². The normalized spacial score (nSPS) is 19.6. The predicted molar refractivity (Wildman–Crippen MR) is 115 cm³/mol. The summed E-state index contributed by atoms with van der Waals surface area (Å²) in [7, 11) is 0. The molecule has 1 aliphatic carbocycles. The van der Waals surface area contributed by atoms with Crippen LogP contribution in [-0.4, -0.2) is 35.6 Å². The van der Waals surface area contributed by atoms with E-state index in [4.69, 9.17) is 21.6 Å². The molecule has 4 rings (SSSR count). The number of hydrogen-bond donors (Lipinski definition) is 0. The van der Waals surface area contributed by atoms with E-state index in [0.717, 1.165) is 31.7 Å². The number of rotatable bonds is 3. The lowest BCUT2D eigenvalue weighted by Gasteiger charge is -2.24.